The van der Waals surface area contributed by atoms with Crippen LogP contribution >= 0.6 is 0 Å². The normalized spacial score (nSPS) is 22.5. The Kier molecular flexibility index (Phi) is 4.29. The van der Waals surface area contributed by atoms with Gasteiger partial charge in [-0.1, -0.05) is 18.2 Å². The largest absolute Gasteiger partial charge is 0.368 e. The Hall–Kier alpha value is -2.46. The summed E-state index contributed by atoms with van der Waals surface area (Å²) in [6.45, 7) is 3.10. The van der Waals surface area contributed by atoms with Crippen molar-refractivity contribution in [3.05, 3.63) is 72.3 Å². The molecule has 0 radical (unpaired) electrons. The van der Waals surface area contributed by atoms with Gasteiger partial charge in [0.1, 0.15) is 5.82 Å². The van der Waals surface area contributed by atoms with E-state index in [1.807, 2.05) is 24.5 Å². The molecule has 2 aliphatic rings. The molecule has 2 unspecified atom stereocenters. The molecule has 0 spiro atoms. The van der Waals surface area contributed by atoms with Crippen LogP contribution in [0.1, 0.15) is 18.4 Å². The van der Waals surface area contributed by atoms with E-state index in [0.29, 0.717) is 12.1 Å². The number of rotatable bonds is 4. The molecule has 0 amide bonds. The summed E-state index contributed by atoms with van der Waals surface area (Å²) in [6, 6.07) is 17.0. The van der Waals surface area contributed by atoms with Crippen LogP contribution in [0.15, 0.2) is 60.9 Å². The minimum absolute atomic E-state index is 0.145. The second kappa shape index (κ2) is 6.93. The molecule has 2 fully saturated rings. The minimum Gasteiger partial charge on any atom is -0.368 e. The Balaban J connectivity index is 1.27. The molecule has 5 rings (SSSR count). The van der Waals surface area contributed by atoms with E-state index in [2.05, 4.69) is 39.0 Å². The van der Waals surface area contributed by atoms with Gasteiger partial charge in [-0.2, -0.15) is 0 Å². The highest BCUT2D eigenvalue weighted by Crippen LogP contribution is 2.33. The van der Waals surface area contributed by atoms with Crippen molar-refractivity contribution in [1.82, 2.24) is 9.88 Å². The van der Waals surface area contributed by atoms with E-state index in [1.54, 1.807) is 6.07 Å². The highest BCUT2D eigenvalue weighted by atomic mass is 19.1. The first-order valence-electron chi connectivity index (χ1n) is 9.85. The predicted octanol–water partition coefficient (Wildman–Crippen LogP) is 4.27. The zero-order valence-electron chi connectivity index (χ0n) is 15.4. The lowest BCUT2D eigenvalue weighted by molar-refractivity contribution is 0.171. The molecule has 0 N–H and O–H groups in total. The number of hydrogen-bond donors (Lipinski definition) is 0. The van der Waals surface area contributed by atoms with E-state index in [1.165, 1.54) is 35.2 Å². The summed E-state index contributed by atoms with van der Waals surface area (Å²) in [5, 5.41) is 2.46. The molecule has 3 nitrogen and oxygen atoms in total. The number of aromatic nitrogens is 1. The minimum atomic E-state index is -0.145. The molecule has 138 valence electrons. The number of nitrogens with zero attached hydrogens (tertiary/aromatic N) is 3. The van der Waals surface area contributed by atoms with Crippen LogP contribution in [0.4, 0.5) is 10.1 Å². The van der Waals surface area contributed by atoms with Crippen molar-refractivity contribution in [3.8, 4) is 0 Å². The first-order valence-corrected chi connectivity index (χ1v) is 9.85. The fraction of sp³-hybridized carbons (Fsp3) is 0.348. The summed E-state index contributed by atoms with van der Waals surface area (Å²) in [6.07, 6.45) is 7.35. The van der Waals surface area contributed by atoms with Crippen molar-refractivity contribution in [2.75, 3.05) is 24.5 Å². The molecule has 2 saturated heterocycles. The summed E-state index contributed by atoms with van der Waals surface area (Å²) in [7, 11) is 0. The quantitative estimate of drug-likeness (QED) is 0.692. The number of piperazine rings is 1. The second-order valence-corrected chi connectivity index (χ2v) is 7.81. The Morgan fingerprint density at radius 1 is 0.963 bits per heavy atom. The van der Waals surface area contributed by atoms with Crippen molar-refractivity contribution < 1.29 is 4.39 Å². The van der Waals surface area contributed by atoms with Gasteiger partial charge in [-0.15, -0.1) is 0 Å². The predicted molar refractivity (Wildman–Crippen MR) is 108 cm³/mol. The van der Waals surface area contributed by atoms with Gasteiger partial charge in [0.2, 0.25) is 0 Å². The average Bonchev–Trinajstić information content (AvgIpc) is 2.93. The SMILES string of the molecule is Fc1cccc(N2CC3CCC(C2)N3CCc2ccc3ccncc3c2)c1. The van der Waals surface area contributed by atoms with Crippen LogP contribution in [-0.4, -0.2) is 41.6 Å². The van der Waals surface area contributed by atoms with Crippen molar-refractivity contribution in [2.24, 2.45) is 0 Å². The van der Waals surface area contributed by atoms with Crippen molar-refractivity contribution >= 4 is 16.5 Å². The standard InChI is InChI=1S/C23H24FN3/c24-20-2-1-3-21(13-20)26-15-22-6-7-23(16-26)27(22)11-9-17-4-5-18-8-10-25-14-19(18)12-17/h1-5,8,10,12-14,22-23H,6-7,9,11,15-16H2. The van der Waals surface area contributed by atoms with Crippen LogP contribution in [0.2, 0.25) is 0 Å². The third-order valence-corrected chi connectivity index (χ3v) is 6.17. The molecule has 0 aliphatic carbocycles. The van der Waals surface area contributed by atoms with Crippen LogP contribution in [0, 0.1) is 5.82 Å². The lowest BCUT2D eigenvalue weighted by Gasteiger charge is -2.42. The maximum Gasteiger partial charge on any atom is 0.125 e. The molecule has 2 aliphatic heterocycles. The number of pyridine rings is 1. The average molecular weight is 361 g/mol. The van der Waals surface area contributed by atoms with Crippen LogP contribution < -0.4 is 4.90 Å². The summed E-state index contributed by atoms with van der Waals surface area (Å²) < 4.78 is 13.6. The first kappa shape index (κ1) is 16.7. The highest BCUT2D eigenvalue weighted by molar-refractivity contribution is 5.81. The Labute approximate surface area is 159 Å². The van der Waals surface area contributed by atoms with Gasteiger partial charge < -0.3 is 4.90 Å². The van der Waals surface area contributed by atoms with Crippen LogP contribution in [0.25, 0.3) is 10.8 Å². The van der Waals surface area contributed by atoms with Crippen molar-refractivity contribution in [1.29, 1.82) is 0 Å². The Morgan fingerprint density at radius 2 is 1.81 bits per heavy atom. The molecule has 2 aromatic carbocycles. The molecule has 3 aromatic rings. The van der Waals surface area contributed by atoms with Crippen molar-refractivity contribution in [2.45, 2.75) is 31.3 Å². The molecule has 0 saturated carbocycles. The van der Waals surface area contributed by atoms with E-state index in [0.717, 1.165) is 31.7 Å². The number of hydrogen-bond acceptors (Lipinski definition) is 3. The molecule has 3 heterocycles. The van der Waals surface area contributed by atoms with E-state index < -0.39 is 0 Å². The topological polar surface area (TPSA) is 19.4 Å². The molecule has 1 aromatic heterocycles. The van der Waals surface area contributed by atoms with Crippen LogP contribution in [0.5, 0.6) is 0 Å². The van der Waals surface area contributed by atoms with E-state index in [-0.39, 0.29) is 5.82 Å². The van der Waals surface area contributed by atoms with E-state index in [9.17, 15) is 4.39 Å². The van der Waals surface area contributed by atoms with Gasteiger partial charge in [-0.05, 0) is 60.5 Å². The second-order valence-electron chi connectivity index (χ2n) is 7.81. The first-order chi connectivity index (χ1) is 13.3. The van der Waals surface area contributed by atoms with E-state index in [4.69, 9.17) is 0 Å². The lowest BCUT2D eigenvalue weighted by atomic mass is 10.1. The fourth-order valence-electron chi connectivity index (χ4n) is 4.79. The van der Waals surface area contributed by atoms with Gasteiger partial charge in [-0.25, -0.2) is 4.39 Å². The van der Waals surface area contributed by atoms with Crippen LogP contribution in [-0.2, 0) is 6.42 Å². The zero-order valence-corrected chi connectivity index (χ0v) is 15.4. The summed E-state index contributed by atoms with van der Waals surface area (Å²) in [5.74, 6) is -0.145. The molecule has 2 bridgehead atoms. The van der Waals surface area contributed by atoms with Gasteiger partial charge in [-0.3, -0.25) is 9.88 Å². The number of anilines is 1. The fourth-order valence-corrected chi connectivity index (χ4v) is 4.79. The van der Waals surface area contributed by atoms with Crippen LogP contribution in [0.3, 0.4) is 0 Å². The molecular weight excluding hydrogens is 337 g/mol. The van der Waals surface area contributed by atoms with Gasteiger partial charge in [0, 0.05) is 55.2 Å². The number of halogens is 1. The summed E-state index contributed by atoms with van der Waals surface area (Å²) in [5.41, 5.74) is 2.40. The Morgan fingerprint density at radius 3 is 2.63 bits per heavy atom. The maximum atomic E-state index is 13.6. The maximum absolute atomic E-state index is 13.6. The van der Waals surface area contributed by atoms with Gasteiger partial charge in [0.25, 0.3) is 0 Å². The van der Waals surface area contributed by atoms with Gasteiger partial charge in [0.05, 0.1) is 0 Å². The summed E-state index contributed by atoms with van der Waals surface area (Å²) in [4.78, 5) is 9.29. The smallest absolute Gasteiger partial charge is 0.125 e. The van der Waals surface area contributed by atoms with Crippen molar-refractivity contribution in [3.63, 3.8) is 0 Å². The number of benzene rings is 2. The van der Waals surface area contributed by atoms with E-state index >= 15 is 0 Å². The molecular formula is C23H24FN3. The van der Waals surface area contributed by atoms with Gasteiger partial charge >= 0.3 is 0 Å². The van der Waals surface area contributed by atoms with Gasteiger partial charge in [0.15, 0.2) is 0 Å². The number of fused-ring (bicyclic) bond motifs is 3. The molecule has 2 atom stereocenters. The molecule has 4 heteroatoms. The monoisotopic (exact) mass is 361 g/mol. The lowest BCUT2D eigenvalue weighted by Crippen LogP contribution is -2.54. The highest BCUT2D eigenvalue weighted by Gasteiger charge is 2.39. The third kappa shape index (κ3) is 3.30. The zero-order chi connectivity index (χ0) is 18.2. The Bertz CT molecular complexity index is 943. The molecule has 27 heavy (non-hydrogen) atoms. The summed E-state index contributed by atoms with van der Waals surface area (Å²) >= 11 is 0. The third-order valence-electron chi connectivity index (χ3n) is 6.17.